The van der Waals surface area contributed by atoms with E-state index in [1.54, 1.807) is 6.07 Å². The van der Waals surface area contributed by atoms with Gasteiger partial charge in [-0.1, -0.05) is 91.5 Å². The van der Waals surface area contributed by atoms with Crippen LogP contribution in [0.15, 0.2) is 36.4 Å². The quantitative estimate of drug-likeness (QED) is 0.345. The monoisotopic (exact) mass is 490 g/mol. The number of carbonyl (C=O) groups is 2. The van der Waals surface area contributed by atoms with Crippen LogP contribution in [-0.2, 0) is 11.2 Å². The number of aliphatic hydroxyl groups excluding tert-OH is 1. The first kappa shape index (κ1) is 32.0. The van der Waals surface area contributed by atoms with Crippen LogP contribution in [0.2, 0.25) is 0 Å². The number of ketones is 1. The number of carboxylic acids is 1. The van der Waals surface area contributed by atoms with Crippen molar-refractivity contribution in [1.29, 1.82) is 0 Å². The number of benzene rings is 1. The molecule has 1 aliphatic rings. The summed E-state index contributed by atoms with van der Waals surface area (Å²) < 4.78 is 0. The summed E-state index contributed by atoms with van der Waals surface area (Å²) in [5.74, 6) is -0.0372. The third kappa shape index (κ3) is 11.9. The number of carboxylic acid groups (broad SMARTS) is 1. The van der Waals surface area contributed by atoms with Crippen molar-refractivity contribution in [2.24, 2.45) is 0 Å². The Hall–Kier alpha value is -1.98. The first-order valence-corrected chi connectivity index (χ1v) is 13.9. The van der Waals surface area contributed by atoms with Crippen molar-refractivity contribution in [2.45, 2.75) is 111 Å². The molecule has 0 aliphatic heterocycles. The maximum Gasteiger partial charge on any atom is 0.345 e. The Balaban J connectivity index is 0.000000618. The van der Waals surface area contributed by atoms with Crippen LogP contribution < -0.4 is 0 Å². The number of Topliss-reactive ketones (excluding diaryl/α,β-unsaturated/α-hetero) is 1. The van der Waals surface area contributed by atoms with Crippen molar-refractivity contribution < 1.29 is 19.8 Å². The van der Waals surface area contributed by atoms with Gasteiger partial charge in [0.25, 0.3) is 0 Å². The number of rotatable bonds is 9. The molecule has 4 nitrogen and oxygen atoms in total. The highest BCUT2D eigenvalue weighted by Gasteiger charge is 2.23. The second kappa shape index (κ2) is 19.3. The average molecular weight is 491 g/mol. The molecule has 3 rings (SSSR count). The minimum absolute atomic E-state index is 0.342. The number of aryl methyl sites for hydroxylation is 1. The molecule has 192 valence electrons. The Morgan fingerprint density at radius 3 is 2.12 bits per heavy atom. The highest BCUT2D eigenvalue weighted by Crippen LogP contribution is 2.32. The highest BCUT2D eigenvalue weighted by molar-refractivity contribution is 7.13. The molecule has 1 heterocycles. The fourth-order valence-corrected chi connectivity index (χ4v) is 4.67. The van der Waals surface area contributed by atoms with E-state index in [1.165, 1.54) is 29.7 Å². The number of hydrogen-bond donors (Lipinski definition) is 2. The number of unbranched alkanes of at least 4 members (excludes halogenated alkanes) is 2. The lowest BCUT2D eigenvalue weighted by Crippen LogP contribution is -1.99. The van der Waals surface area contributed by atoms with Crippen LogP contribution in [0.4, 0.5) is 0 Å². The van der Waals surface area contributed by atoms with Crippen LogP contribution in [0, 0.1) is 0 Å². The van der Waals surface area contributed by atoms with Gasteiger partial charge in [0.05, 0.1) is 6.10 Å². The molecule has 1 aromatic carbocycles. The van der Waals surface area contributed by atoms with E-state index in [1.807, 2.05) is 45.9 Å². The largest absolute Gasteiger partial charge is 0.477 e. The second-order valence-electron chi connectivity index (χ2n) is 7.98. The number of aliphatic hydroxyl groups is 1. The Labute approximate surface area is 211 Å². The molecular weight excluding hydrogens is 444 g/mol. The summed E-state index contributed by atoms with van der Waals surface area (Å²) in [7, 11) is 0. The number of hydrogen-bond acceptors (Lipinski definition) is 4. The van der Waals surface area contributed by atoms with E-state index in [0.29, 0.717) is 23.0 Å². The van der Waals surface area contributed by atoms with Gasteiger partial charge < -0.3 is 10.2 Å². The third-order valence-electron chi connectivity index (χ3n) is 5.49. The molecule has 1 fully saturated rings. The molecule has 2 unspecified atom stereocenters. The molecule has 0 amide bonds. The summed E-state index contributed by atoms with van der Waals surface area (Å²) in [6, 6.07) is 11.8. The zero-order valence-electron chi connectivity index (χ0n) is 22.1. The van der Waals surface area contributed by atoms with Crippen molar-refractivity contribution in [3.05, 3.63) is 57.3 Å². The minimum Gasteiger partial charge on any atom is -0.477 e. The molecule has 1 saturated carbocycles. The first-order valence-electron chi connectivity index (χ1n) is 13.1. The first-order chi connectivity index (χ1) is 16.4. The second-order valence-corrected chi connectivity index (χ2v) is 9.15. The van der Waals surface area contributed by atoms with Gasteiger partial charge in [0.15, 0.2) is 0 Å². The molecule has 34 heavy (non-hydrogen) atoms. The number of aromatic carboxylic acids is 1. The lowest BCUT2D eigenvalue weighted by atomic mass is 9.95. The predicted octanol–water partition coefficient (Wildman–Crippen LogP) is 8.59. The van der Waals surface area contributed by atoms with Crippen molar-refractivity contribution in [2.75, 3.05) is 0 Å². The molecule has 1 aromatic heterocycles. The van der Waals surface area contributed by atoms with E-state index in [-0.39, 0.29) is 6.10 Å². The van der Waals surface area contributed by atoms with Crippen molar-refractivity contribution in [3.8, 4) is 0 Å². The van der Waals surface area contributed by atoms with Crippen LogP contribution in [0.1, 0.15) is 131 Å². The number of carbonyl (C=O) groups excluding carboxylic acids is 1. The van der Waals surface area contributed by atoms with Crippen LogP contribution in [0.3, 0.4) is 0 Å². The van der Waals surface area contributed by atoms with Crippen molar-refractivity contribution in [3.63, 3.8) is 0 Å². The van der Waals surface area contributed by atoms with E-state index < -0.39 is 5.97 Å². The van der Waals surface area contributed by atoms with Gasteiger partial charge in [-0.05, 0) is 48.4 Å². The molecule has 0 radical (unpaired) electrons. The van der Waals surface area contributed by atoms with Gasteiger partial charge in [-0.15, -0.1) is 11.3 Å². The highest BCUT2D eigenvalue weighted by atomic mass is 32.1. The maximum atomic E-state index is 11.3. The lowest BCUT2D eigenvalue weighted by molar-refractivity contribution is -0.117. The van der Waals surface area contributed by atoms with E-state index in [4.69, 9.17) is 5.11 Å². The topological polar surface area (TPSA) is 74.6 Å². The Morgan fingerprint density at radius 2 is 1.65 bits per heavy atom. The SMILES string of the molecule is CC.CC.CCCCCC(O)c1ccc(C2CCC(=O)C2)cc1.CCCc1ccc(C(=O)O)s1. The van der Waals surface area contributed by atoms with Crippen LogP contribution in [0.25, 0.3) is 0 Å². The summed E-state index contributed by atoms with van der Waals surface area (Å²) >= 11 is 1.37. The fraction of sp³-hybridized carbons (Fsp3) is 0.586. The van der Waals surface area contributed by atoms with Crippen LogP contribution in [-0.4, -0.2) is 22.0 Å². The van der Waals surface area contributed by atoms with E-state index in [2.05, 4.69) is 26.0 Å². The van der Waals surface area contributed by atoms with Gasteiger partial charge in [-0.2, -0.15) is 0 Å². The van der Waals surface area contributed by atoms with Gasteiger partial charge in [0, 0.05) is 17.7 Å². The standard InChI is InChI=1S/C17H24O2.C8H10O2S.2C2H6/c1-2-3-4-5-17(19)14-8-6-13(7-9-14)15-10-11-16(18)12-15;1-2-3-6-4-5-7(11-6)8(9)10;2*1-2/h6-9,15,17,19H,2-5,10-12H2,1H3;4-5H,2-3H2,1H3,(H,9,10);2*1-2H3. The van der Waals surface area contributed by atoms with Crippen LogP contribution >= 0.6 is 11.3 Å². The van der Waals surface area contributed by atoms with Crippen molar-refractivity contribution >= 4 is 23.1 Å². The molecule has 2 N–H and O–H groups in total. The lowest BCUT2D eigenvalue weighted by Gasteiger charge is -2.13. The van der Waals surface area contributed by atoms with Crippen LogP contribution in [0.5, 0.6) is 0 Å². The minimum atomic E-state index is -0.822. The Bertz CT molecular complexity index is 795. The van der Waals surface area contributed by atoms with E-state index in [9.17, 15) is 14.7 Å². The molecule has 1 aliphatic carbocycles. The smallest absolute Gasteiger partial charge is 0.345 e. The third-order valence-corrected chi connectivity index (χ3v) is 6.62. The summed E-state index contributed by atoms with van der Waals surface area (Å²) in [5, 5.41) is 18.7. The van der Waals surface area contributed by atoms with Gasteiger partial charge in [0.1, 0.15) is 10.7 Å². The molecule has 0 saturated heterocycles. The summed E-state index contributed by atoms with van der Waals surface area (Å²) in [4.78, 5) is 23.3. The molecule has 5 heteroatoms. The molecule has 0 spiro atoms. The summed E-state index contributed by atoms with van der Waals surface area (Å²) in [6.07, 6.45) is 8.40. The Morgan fingerprint density at radius 1 is 1.00 bits per heavy atom. The zero-order chi connectivity index (χ0) is 25.9. The van der Waals surface area contributed by atoms with Crippen molar-refractivity contribution in [1.82, 2.24) is 0 Å². The zero-order valence-corrected chi connectivity index (χ0v) is 22.9. The molecular formula is C29H46O4S. The normalized spacial score (nSPS) is 15.1. The van der Waals surface area contributed by atoms with Gasteiger partial charge in [-0.3, -0.25) is 4.79 Å². The fourth-order valence-electron chi connectivity index (χ4n) is 3.72. The molecule has 0 bridgehead atoms. The van der Waals surface area contributed by atoms with Gasteiger partial charge >= 0.3 is 5.97 Å². The Kier molecular flexibility index (Phi) is 18.2. The maximum absolute atomic E-state index is 11.3. The average Bonchev–Trinajstić information content (AvgIpc) is 3.52. The molecule has 2 aromatic rings. The van der Waals surface area contributed by atoms with E-state index in [0.717, 1.165) is 49.0 Å². The summed E-state index contributed by atoms with van der Waals surface area (Å²) in [6.45, 7) is 12.3. The number of thiophene rings is 1. The van der Waals surface area contributed by atoms with Gasteiger partial charge in [-0.25, -0.2) is 4.79 Å². The van der Waals surface area contributed by atoms with Gasteiger partial charge in [0.2, 0.25) is 0 Å². The van der Waals surface area contributed by atoms with E-state index >= 15 is 0 Å². The molecule has 2 atom stereocenters. The predicted molar refractivity (Wildman–Crippen MR) is 145 cm³/mol. The summed E-state index contributed by atoms with van der Waals surface area (Å²) in [5.41, 5.74) is 2.25.